The summed E-state index contributed by atoms with van der Waals surface area (Å²) in [5.41, 5.74) is 14.3. The summed E-state index contributed by atoms with van der Waals surface area (Å²) in [7, 11) is 0. The van der Waals surface area contributed by atoms with Gasteiger partial charge < -0.3 is 80.6 Å². The number of fused-ring (bicyclic) bond motifs is 2. The number of amides is 2. The van der Waals surface area contributed by atoms with E-state index in [0.717, 1.165) is 11.1 Å². The molecule has 4 aromatic rings. The number of aromatic hydroxyl groups is 2. The number of aryl methyl sites for hydroxylation is 2. The van der Waals surface area contributed by atoms with Crippen LogP contribution in [0.25, 0.3) is 0 Å². The van der Waals surface area contributed by atoms with E-state index >= 15 is 0 Å². The maximum absolute atomic E-state index is 12.6. The molecular formula is C42H48B2N4Na2O16. The van der Waals surface area contributed by atoms with E-state index < -0.39 is 49.7 Å². The number of carboxylic acids is 2. The van der Waals surface area contributed by atoms with Crippen molar-refractivity contribution in [3.63, 3.8) is 0 Å². The van der Waals surface area contributed by atoms with Crippen LogP contribution in [0.3, 0.4) is 0 Å². The van der Waals surface area contributed by atoms with Gasteiger partial charge in [-0.3, -0.25) is 9.59 Å². The van der Waals surface area contributed by atoms with Gasteiger partial charge in [0.1, 0.15) is 46.3 Å². The molecule has 66 heavy (non-hydrogen) atoms. The maximum Gasteiger partial charge on any atom is 1.00 e. The molecule has 0 saturated carbocycles. The number of carboxylic acid groups (broad SMARTS) is 2. The smallest absolute Gasteiger partial charge is 0.669 e. The number of nitrogens with zero attached hydrogens (tertiary/aromatic N) is 2. The molecule has 0 bridgehead atoms. The molecule has 0 aliphatic carbocycles. The summed E-state index contributed by atoms with van der Waals surface area (Å²) in [6, 6.07) is 17.7. The Labute approximate surface area is 422 Å². The van der Waals surface area contributed by atoms with Crippen molar-refractivity contribution in [3.05, 3.63) is 106 Å². The Morgan fingerprint density at radius 3 is 1.24 bits per heavy atom. The minimum Gasteiger partial charge on any atom is -0.669 e. The first-order valence-electron chi connectivity index (χ1n) is 20.6. The van der Waals surface area contributed by atoms with Crippen molar-refractivity contribution in [2.45, 2.75) is 62.6 Å². The predicted molar refractivity (Wildman–Crippen MR) is 227 cm³/mol. The van der Waals surface area contributed by atoms with Crippen LogP contribution in [-0.4, -0.2) is 138 Å². The number of ether oxygens (including phenoxy) is 2. The molecule has 2 saturated heterocycles. The number of likely N-dealkylation sites (tertiary alicyclic amines) is 2. The minimum atomic E-state index is -3.12. The van der Waals surface area contributed by atoms with Crippen molar-refractivity contribution in [2.24, 2.45) is 11.5 Å². The van der Waals surface area contributed by atoms with Crippen LogP contribution in [0.4, 0.5) is 0 Å². The Kier molecular flexibility index (Phi) is 17.2. The molecule has 20 nitrogen and oxygen atoms in total. The van der Waals surface area contributed by atoms with Crippen molar-refractivity contribution < 1.29 is 138 Å². The van der Waals surface area contributed by atoms with Gasteiger partial charge in [-0.15, -0.1) is 0 Å². The van der Waals surface area contributed by atoms with Crippen LogP contribution in [-0.2, 0) is 35.3 Å². The summed E-state index contributed by atoms with van der Waals surface area (Å²) in [6.45, 7) is -5.27. The van der Waals surface area contributed by atoms with Gasteiger partial charge in [-0.1, -0.05) is 49.0 Å². The molecule has 340 valence electrons. The number of phenolic OH excluding ortho intramolecular Hbond substituents is 2. The van der Waals surface area contributed by atoms with Gasteiger partial charge in [0.2, 0.25) is 11.8 Å². The Morgan fingerprint density at radius 1 is 0.591 bits per heavy atom. The standard InChI is InChI=1S/2C21H24BN2O8.2Na/c2*23-16(9-12-1-4-14(25)5-2-12)20(26)24-10-15(11-24)31-17-6-3-13-7-8-22(29,30)32-19(13)18(17)21(27)28;;/h2*1-6,15-16,25,29-30H,7-11,23H2,(H,27,28);;/q2*-1;2*+1/t2*16-;;/m11../s1. The summed E-state index contributed by atoms with van der Waals surface area (Å²) < 4.78 is 21.9. The Hall–Kier alpha value is -4.55. The average Bonchev–Trinajstić information content (AvgIpc) is 3.20. The van der Waals surface area contributed by atoms with E-state index in [-0.39, 0.29) is 168 Å². The van der Waals surface area contributed by atoms with Gasteiger partial charge in [-0.05, 0) is 84.3 Å². The van der Waals surface area contributed by atoms with E-state index in [0.29, 0.717) is 24.0 Å². The molecule has 4 aliphatic heterocycles. The molecule has 12 N–H and O–H groups in total. The third kappa shape index (κ3) is 12.5. The second-order valence-electron chi connectivity index (χ2n) is 16.4. The number of phenols is 2. The zero-order valence-corrected chi connectivity index (χ0v) is 40.4. The number of carbonyl (C=O) groups excluding carboxylic acids is 2. The summed E-state index contributed by atoms with van der Waals surface area (Å²) >= 11 is 0. The zero-order valence-electron chi connectivity index (χ0n) is 36.4. The van der Waals surface area contributed by atoms with Crippen molar-refractivity contribution >= 4 is 37.3 Å². The van der Waals surface area contributed by atoms with Crippen LogP contribution in [0.1, 0.15) is 43.0 Å². The fourth-order valence-corrected chi connectivity index (χ4v) is 7.82. The van der Waals surface area contributed by atoms with E-state index in [4.69, 9.17) is 30.2 Å². The third-order valence-electron chi connectivity index (χ3n) is 11.3. The molecule has 24 heteroatoms. The number of hydrogen-bond acceptors (Lipinski definition) is 16. The normalized spacial score (nSPS) is 17.6. The predicted octanol–water partition coefficient (Wildman–Crippen LogP) is -5.78. The number of carbonyl (C=O) groups is 4. The fourth-order valence-electron chi connectivity index (χ4n) is 7.82. The van der Waals surface area contributed by atoms with E-state index in [1.807, 2.05) is 0 Å². The summed E-state index contributed by atoms with van der Waals surface area (Å²) in [5.74, 6) is -2.99. The van der Waals surface area contributed by atoms with E-state index in [1.54, 1.807) is 36.4 Å². The molecule has 8 rings (SSSR count). The van der Waals surface area contributed by atoms with Crippen LogP contribution >= 0.6 is 0 Å². The van der Waals surface area contributed by atoms with Crippen LogP contribution in [0, 0.1) is 0 Å². The summed E-state index contributed by atoms with van der Waals surface area (Å²) in [4.78, 5) is 51.9. The molecule has 4 aromatic carbocycles. The Morgan fingerprint density at radius 2 is 0.924 bits per heavy atom. The molecule has 2 fully saturated rings. The number of nitrogens with two attached hydrogens (primary N) is 2. The number of rotatable bonds is 12. The minimum absolute atomic E-state index is 0. The first kappa shape index (κ1) is 52.4. The van der Waals surface area contributed by atoms with Gasteiger partial charge >= 0.3 is 84.6 Å². The second-order valence-corrected chi connectivity index (χ2v) is 16.4. The summed E-state index contributed by atoms with van der Waals surface area (Å²) in [6.07, 6.45) is 0.279. The molecule has 0 spiro atoms. The van der Waals surface area contributed by atoms with Gasteiger partial charge in [0, 0.05) is 0 Å². The third-order valence-corrected chi connectivity index (χ3v) is 11.3. The first-order chi connectivity index (χ1) is 30.3. The number of benzene rings is 4. The molecular weight excluding hydrogens is 884 g/mol. The molecule has 4 heterocycles. The second kappa shape index (κ2) is 21.6. The number of aromatic carboxylic acids is 2. The molecule has 4 aliphatic rings. The monoisotopic (exact) mass is 932 g/mol. The van der Waals surface area contributed by atoms with Crippen LogP contribution in [0.15, 0.2) is 72.8 Å². The van der Waals surface area contributed by atoms with E-state index in [2.05, 4.69) is 0 Å². The molecule has 2 amide bonds. The molecule has 2 atom stereocenters. The van der Waals surface area contributed by atoms with Crippen LogP contribution in [0.5, 0.6) is 34.5 Å². The van der Waals surface area contributed by atoms with Gasteiger partial charge in [-0.25, -0.2) is 9.59 Å². The average molecular weight is 932 g/mol. The van der Waals surface area contributed by atoms with Crippen LogP contribution < -0.4 is 89.4 Å². The van der Waals surface area contributed by atoms with Gasteiger partial charge in [0.25, 0.3) is 0 Å². The SMILES string of the molecule is N[C@H](Cc1ccc(O)cc1)C(=O)N1CC(Oc2ccc3c(c2C(=O)O)O[B-](O)(O)CC3)C1.N[C@H](Cc1ccc(O)cc1)C(=O)N1CC(Oc2ccc3c(c2C(=O)O)O[B-](O)(O)CC3)C1.[Na+].[Na+]. The number of hydrogen-bond donors (Lipinski definition) is 10. The van der Waals surface area contributed by atoms with Crippen molar-refractivity contribution in [2.75, 3.05) is 26.2 Å². The largest absolute Gasteiger partial charge is 1.00 e. The van der Waals surface area contributed by atoms with Crippen molar-refractivity contribution in [3.8, 4) is 34.5 Å². The van der Waals surface area contributed by atoms with Crippen molar-refractivity contribution in [1.29, 1.82) is 0 Å². The summed E-state index contributed by atoms with van der Waals surface area (Å²) in [5, 5.41) is 77.3. The topological polar surface area (TPSA) is 326 Å². The molecule has 0 unspecified atom stereocenters. The maximum atomic E-state index is 12.6. The van der Waals surface area contributed by atoms with Crippen molar-refractivity contribution in [1.82, 2.24) is 9.80 Å². The zero-order chi connectivity index (χ0) is 46.1. The van der Waals surface area contributed by atoms with E-state index in [1.165, 1.54) is 46.2 Å². The van der Waals surface area contributed by atoms with E-state index in [9.17, 15) is 59.7 Å². The van der Waals surface area contributed by atoms with Crippen LogP contribution in [0.2, 0.25) is 12.6 Å². The van der Waals surface area contributed by atoms with Gasteiger partial charge in [0.05, 0.1) is 49.8 Å². The molecule has 0 aromatic heterocycles. The quantitative estimate of drug-likeness (QED) is 0.0592. The first-order valence-corrected chi connectivity index (χ1v) is 20.6. The van der Waals surface area contributed by atoms with Gasteiger partial charge in [-0.2, -0.15) is 0 Å². The Balaban J connectivity index is 0.000000240. The fraction of sp³-hybridized carbons (Fsp3) is 0.333. The molecule has 0 radical (unpaired) electrons. The van der Waals surface area contributed by atoms with Gasteiger partial charge in [0.15, 0.2) is 0 Å². The Bertz CT molecular complexity index is 2250.